The lowest BCUT2D eigenvalue weighted by molar-refractivity contribution is 0.0328. The van der Waals surface area contributed by atoms with Crippen molar-refractivity contribution < 1.29 is 4.74 Å². The maximum Gasteiger partial charge on any atom is 0.0976 e. The van der Waals surface area contributed by atoms with Crippen LogP contribution in [-0.4, -0.2) is 19.7 Å². The van der Waals surface area contributed by atoms with Gasteiger partial charge in [0.2, 0.25) is 0 Å². The second kappa shape index (κ2) is 8.55. The van der Waals surface area contributed by atoms with E-state index in [0.29, 0.717) is 6.04 Å². The molecule has 1 saturated carbocycles. The Morgan fingerprint density at radius 2 is 1.95 bits per heavy atom. The molecule has 1 aliphatic carbocycles. The van der Waals surface area contributed by atoms with Gasteiger partial charge in [-0.3, -0.25) is 0 Å². The molecule has 0 saturated heterocycles. The van der Waals surface area contributed by atoms with E-state index in [1.165, 1.54) is 37.7 Å². The number of hydrogen-bond donors (Lipinski definition) is 1. The molecule has 1 aromatic rings. The lowest BCUT2D eigenvalue weighted by atomic mass is 9.74. The lowest BCUT2D eigenvalue weighted by Crippen LogP contribution is -2.43. The quantitative estimate of drug-likeness (QED) is 0.794. The Morgan fingerprint density at radius 1 is 1.19 bits per heavy atom. The predicted molar refractivity (Wildman–Crippen MR) is 89.4 cm³/mol. The molecular formula is C19H31NO. The van der Waals surface area contributed by atoms with E-state index in [-0.39, 0.29) is 6.10 Å². The maximum atomic E-state index is 5.91. The van der Waals surface area contributed by atoms with Gasteiger partial charge in [0.05, 0.1) is 6.10 Å². The van der Waals surface area contributed by atoms with E-state index in [1.54, 1.807) is 0 Å². The summed E-state index contributed by atoms with van der Waals surface area (Å²) in [6.07, 6.45) is 6.94. The summed E-state index contributed by atoms with van der Waals surface area (Å²) >= 11 is 0. The molecule has 1 aliphatic rings. The molecule has 4 atom stereocenters. The molecule has 0 aromatic heterocycles. The van der Waals surface area contributed by atoms with Gasteiger partial charge in [-0.15, -0.1) is 0 Å². The van der Waals surface area contributed by atoms with Gasteiger partial charge in [-0.1, -0.05) is 63.4 Å². The van der Waals surface area contributed by atoms with Crippen LogP contribution in [0.4, 0.5) is 0 Å². The van der Waals surface area contributed by atoms with Crippen molar-refractivity contribution in [2.24, 2.45) is 11.8 Å². The summed E-state index contributed by atoms with van der Waals surface area (Å²) in [4.78, 5) is 0. The number of rotatable bonds is 7. The maximum absolute atomic E-state index is 5.91. The van der Waals surface area contributed by atoms with Gasteiger partial charge in [0.1, 0.15) is 0 Å². The number of benzene rings is 1. The first-order valence-electron chi connectivity index (χ1n) is 8.61. The van der Waals surface area contributed by atoms with Gasteiger partial charge in [0.15, 0.2) is 0 Å². The van der Waals surface area contributed by atoms with Gasteiger partial charge >= 0.3 is 0 Å². The standard InChI is InChI=1S/C19H31NO/c1-4-15-10-9-13-17(14-15)18(20-5-2)19(21-3)16-11-7-6-8-12-16/h6-8,11-12,15,17-20H,4-5,9-10,13-14H2,1-3H3. The molecule has 2 heteroatoms. The molecule has 21 heavy (non-hydrogen) atoms. The van der Waals surface area contributed by atoms with Crippen LogP contribution in [0.2, 0.25) is 0 Å². The molecule has 1 N–H and O–H groups in total. The summed E-state index contributed by atoms with van der Waals surface area (Å²) in [5, 5.41) is 3.72. The van der Waals surface area contributed by atoms with Crippen LogP contribution in [0, 0.1) is 11.8 Å². The van der Waals surface area contributed by atoms with Crippen LogP contribution in [0.5, 0.6) is 0 Å². The summed E-state index contributed by atoms with van der Waals surface area (Å²) in [7, 11) is 1.85. The Hall–Kier alpha value is -0.860. The highest BCUT2D eigenvalue weighted by molar-refractivity contribution is 5.19. The van der Waals surface area contributed by atoms with Crippen LogP contribution in [-0.2, 0) is 4.74 Å². The van der Waals surface area contributed by atoms with Crippen LogP contribution in [0.15, 0.2) is 30.3 Å². The number of nitrogens with one attached hydrogen (secondary N) is 1. The van der Waals surface area contributed by atoms with Crippen LogP contribution in [0.1, 0.15) is 57.6 Å². The van der Waals surface area contributed by atoms with Gasteiger partial charge < -0.3 is 10.1 Å². The van der Waals surface area contributed by atoms with Gasteiger partial charge in [-0.25, -0.2) is 0 Å². The normalized spacial score (nSPS) is 25.5. The largest absolute Gasteiger partial charge is 0.375 e. The minimum atomic E-state index is 0.159. The highest BCUT2D eigenvalue weighted by Crippen LogP contribution is 2.37. The van der Waals surface area contributed by atoms with E-state index in [4.69, 9.17) is 4.74 Å². The predicted octanol–water partition coefficient (Wildman–Crippen LogP) is 4.57. The summed E-state index contributed by atoms with van der Waals surface area (Å²) in [5.74, 6) is 1.63. The van der Waals surface area contributed by atoms with E-state index < -0.39 is 0 Å². The molecule has 1 aromatic carbocycles. The fraction of sp³-hybridized carbons (Fsp3) is 0.684. The van der Waals surface area contributed by atoms with E-state index >= 15 is 0 Å². The third-order valence-corrected chi connectivity index (χ3v) is 5.06. The Balaban J connectivity index is 2.16. The van der Waals surface area contributed by atoms with Crippen LogP contribution in [0.25, 0.3) is 0 Å². The molecule has 2 rings (SSSR count). The fourth-order valence-electron chi connectivity index (χ4n) is 3.92. The number of likely N-dealkylation sites (N-methyl/N-ethyl adjacent to an activating group) is 1. The van der Waals surface area contributed by atoms with Gasteiger partial charge in [0, 0.05) is 13.2 Å². The molecule has 0 spiro atoms. The Labute approximate surface area is 130 Å². The third-order valence-electron chi connectivity index (χ3n) is 5.06. The van der Waals surface area contributed by atoms with Crippen molar-refractivity contribution in [3.63, 3.8) is 0 Å². The Kier molecular flexibility index (Phi) is 6.72. The fourth-order valence-corrected chi connectivity index (χ4v) is 3.92. The molecule has 118 valence electrons. The van der Waals surface area contributed by atoms with Crippen molar-refractivity contribution in [2.75, 3.05) is 13.7 Å². The highest BCUT2D eigenvalue weighted by Gasteiger charge is 2.33. The van der Waals surface area contributed by atoms with E-state index in [0.717, 1.165) is 18.4 Å². The first-order chi connectivity index (χ1) is 10.3. The molecule has 0 bridgehead atoms. The van der Waals surface area contributed by atoms with Crippen molar-refractivity contribution in [2.45, 2.75) is 58.1 Å². The zero-order valence-electron chi connectivity index (χ0n) is 13.8. The van der Waals surface area contributed by atoms with Gasteiger partial charge in [-0.05, 0) is 36.8 Å². The van der Waals surface area contributed by atoms with Crippen LogP contribution < -0.4 is 5.32 Å². The molecular weight excluding hydrogens is 258 g/mol. The zero-order valence-corrected chi connectivity index (χ0v) is 13.8. The zero-order chi connectivity index (χ0) is 15.1. The minimum Gasteiger partial charge on any atom is -0.375 e. The first-order valence-corrected chi connectivity index (χ1v) is 8.61. The van der Waals surface area contributed by atoms with Crippen molar-refractivity contribution in [3.8, 4) is 0 Å². The SMILES string of the molecule is CCNC(C1CCCC(CC)C1)C(OC)c1ccccc1. The lowest BCUT2D eigenvalue weighted by Gasteiger charge is -2.38. The smallest absolute Gasteiger partial charge is 0.0976 e. The molecule has 4 unspecified atom stereocenters. The van der Waals surface area contributed by atoms with E-state index in [1.807, 2.05) is 7.11 Å². The average Bonchev–Trinajstić information content (AvgIpc) is 2.56. The number of ether oxygens (including phenoxy) is 1. The Bertz CT molecular complexity index is 392. The second-order valence-corrected chi connectivity index (χ2v) is 6.35. The van der Waals surface area contributed by atoms with Crippen molar-refractivity contribution >= 4 is 0 Å². The molecule has 0 radical (unpaired) electrons. The summed E-state index contributed by atoms with van der Waals surface area (Å²) in [5.41, 5.74) is 1.30. The summed E-state index contributed by atoms with van der Waals surface area (Å²) < 4.78 is 5.91. The topological polar surface area (TPSA) is 21.3 Å². The van der Waals surface area contributed by atoms with Crippen molar-refractivity contribution in [1.29, 1.82) is 0 Å². The van der Waals surface area contributed by atoms with E-state index in [9.17, 15) is 0 Å². The first kappa shape index (κ1) is 16.5. The summed E-state index contributed by atoms with van der Waals surface area (Å²) in [6.45, 7) is 5.54. The van der Waals surface area contributed by atoms with Gasteiger partial charge in [-0.2, -0.15) is 0 Å². The van der Waals surface area contributed by atoms with E-state index in [2.05, 4.69) is 49.5 Å². The molecule has 1 fully saturated rings. The molecule has 0 amide bonds. The van der Waals surface area contributed by atoms with Gasteiger partial charge in [0.25, 0.3) is 0 Å². The third kappa shape index (κ3) is 4.31. The molecule has 0 aliphatic heterocycles. The minimum absolute atomic E-state index is 0.159. The Morgan fingerprint density at radius 3 is 2.57 bits per heavy atom. The molecule has 2 nitrogen and oxygen atoms in total. The number of hydrogen-bond acceptors (Lipinski definition) is 2. The number of methoxy groups -OCH3 is 1. The van der Waals surface area contributed by atoms with Crippen LogP contribution in [0.3, 0.4) is 0 Å². The van der Waals surface area contributed by atoms with Crippen molar-refractivity contribution in [1.82, 2.24) is 5.32 Å². The van der Waals surface area contributed by atoms with Crippen molar-refractivity contribution in [3.05, 3.63) is 35.9 Å². The average molecular weight is 289 g/mol. The second-order valence-electron chi connectivity index (χ2n) is 6.35. The summed E-state index contributed by atoms with van der Waals surface area (Å²) in [6, 6.07) is 11.1. The van der Waals surface area contributed by atoms with Crippen LogP contribution >= 0.6 is 0 Å². The monoisotopic (exact) mass is 289 g/mol. The highest BCUT2D eigenvalue weighted by atomic mass is 16.5. The molecule has 0 heterocycles.